The lowest BCUT2D eigenvalue weighted by Crippen LogP contribution is -2.09. The largest absolute Gasteiger partial charge is 0.496 e. The van der Waals surface area contributed by atoms with Crippen molar-refractivity contribution in [1.82, 2.24) is 0 Å². The molecular weight excluding hydrogens is 208 g/mol. The second kappa shape index (κ2) is 5.49. The first-order valence-corrected chi connectivity index (χ1v) is 5.32. The van der Waals surface area contributed by atoms with Crippen LogP contribution in [0.5, 0.6) is 5.75 Å². The van der Waals surface area contributed by atoms with Gasteiger partial charge in [-0.05, 0) is 13.3 Å². The maximum Gasteiger partial charge on any atom is 0.340 e. The van der Waals surface area contributed by atoms with Crippen LogP contribution in [0.4, 0.5) is 0 Å². The Morgan fingerprint density at radius 2 is 2.19 bits per heavy atom. The fourth-order valence-corrected chi connectivity index (χ4v) is 1.46. The summed E-state index contributed by atoms with van der Waals surface area (Å²) in [6, 6.07) is 1.24. The molecule has 0 amide bonds. The zero-order valence-corrected chi connectivity index (χ0v) is 9.83. The number of ether oxygens (including phenoxy) is 1. The van der Waals surface area contributed by atoms with Gasteiger partial charge in [0.15, 0.2) is 11.5 Å². The molecule has 0 fully saturated rings. The van der Waals surface area contributed by atoms with Gasteiger partial charge in [0.25, 0.3) is 0 Å². The predicted molar refractivity (Wildman–Crippen MR) is 60.1 cm³/mol. The Bertz CT molecular complexity index is 431. The highest BCUT2D eigenvalue weighted by Gasteiger charge is 2.16. The number of carbonyl (C=O) groups excluding carboxylic acids is 1. The maximum atomic E-state index is 11.8. The second-order valence-electron chi connectivity index (χ2n) is 3.61. The van der Waals surface area contributed by atoms with Gasteiger partial charge in [-0.25, -0.2) is 4.79 Å². The Morgan fingerprint density at radius 1 is 1.50 bits per heavy atom. The van der Waals surface area contributed by atoms with Crippen LogP contribution >= 0.6 is 0 Å². The molecule has 0 aliphatic rings. The summed E-state index contributed by atoms with van der Waals surface area (Å²) in [4.78, 5) is 23.0. The third-order valence-corrected chi connectivity index (χ3v) is 2.39. The lowest BCUT2D eigenvalue weighted by Gasteiger charge is -2.07. The molecule has 0 saturated heterocycles. The van der Waals surface area contributed by atoms with E-state index >= 15 is 0 Å². The molecule has 0 radical (unpaired) electrons. The van der Waals surface area contributed by atoms with Gasteiger partial charge in [-0.1, -0.05) is 13.3 Å². The van der Waals surface area contributed by atoms with Crippen molar-refractivity contribution < 1.29 is 13.9 Å². The van der Waals surface area contributed by atoms with Gasteiger partial charge in [0, 0.05) is 12.0 Å². The molecule has 1 heterocycles. The van der Waals surface area contributed by atoms with Crippen LogP contribution in [0.2, 0.25) is 0 Å². The van der Waals surface area contributed by atoms with Crippen LogP contribution in [0, 0.1) is 6.92 Å². The first-order chi connectivity index (χ1) is 7.60. The number of hydrogen-bond donors (Lipinski definition) is 0. The smallest absolute Gasteiger partial charge is 0.340 e. The predicted octanol–water partition coefficient (Wildman–Crippen LogP) is 2.33. The monoisotopic (exact) mass is 224 g/mol. The number of unbranched alkanes of at least 4 members (excludes halogenated alkanes) is 1. The van der Waals surface area contributed by atoms with E-state index in [1.165, 1.54) is 13.2 Å². The topological polar surface area (TPSA) is 56.5 Å². The standard InChI is InChI=1S/C12H16O4/c1-4-5-6-9(13)12-8(2)10(15-3)7-11(14)16-12/h7H,4-6H2,1-3H3. The fourth-order valence-electron chi connectivity index (χ4n) is 1.46. The Hall–Kier alpha value is -1.58. The molecule has 0 aromatic carbocycles. The molecule has 0 bridgehead atoms. The van der Waals surface area contributed by atoms with Crippen molar-refractivity contribution >= 4 is 5.78 Å². The van der Waals surface area contributed by atoms with E-state index in [4.69, 9.17) is 9.15 Å². The van der Waals surface area contributed by atoms with Gasteiger partial charge < -0.3 is 9.15 Å². The quantitative estimate of drug-likeness (QED) is 0.720. The minimum Gasteiger partial charge on any atom is -0.496 e. The van der Waals surface area contributed by atoms with Gasteiger partial charge in [-0.3, -0.25) is 4.79 Å². The fraction of sp³-hybridized carbons (Fsp3) is 0.500. The molecule has 0 atom stereocenters. The van der Waals surface area contributed by atoms with E-state index in [1.807, 2.05) is 6.92 Å². The van der Waals surface area contributed by atoms with Gasteiger partial charge in [0.2, 0.25) is 0 Å². The van der Waals surface area contributed by atoms with Gasteiger partial charge in [-0.15, -0.1) is 0 Å². The van der Waals surface area contributed by atoms with Gasteiger partial charge in [0.1, 0.15) is 5.75 Å². The summed E-state index contributed by atoms with van der Waals surface area (Å²) >= 11 is 0. The maximum absolute atomic E-state index is 11.8. The van der Waals surface area contributed by atoms with Crippen LogP contribution in [-0.2, 0) is 0 Å². The zero-order chi connectivity index (χ0) is 12.1. The van der Waals surface area contributed by atoms with Crippen molar-refractivity contribution in [1.29, 1.82) is 0 Å². The van der Waals surface area contributed by atoms with Crippen molar-refractivity contribution in [2.24, 2.45) is 0 Å². The molecule has 4 heteroatoms. The average Bonchev–Trinajstić information content (AvgIpc) is 2.28. The second-order valence-corrected chi connectivity index (χ2v) is 3.61. The lowest BCUT2D eigenvalue weighted by molar-refractivity contribution is 0.0946. The van der Waals surface area contributed by atoms with E-state index < -0.39 is 5.63 Å². The Labute approximate surface area is 94.2 Å². The van der Waals surface area contributed by atoms with Crippen molar-refractivity contribution in [3.63, 3.8) is 0 Å². The van der Waals surface area contributed by atoms with Gasteiger partial charge >= 0.3 is 5.63 Å². The van der Waals surface area contributed by atoms with Crippen LogP contribution < -0.4 is 10.4 Å². The first-order valence-electron chi connectivity index (χ1n) is 5.32. The van der Waals surface area contributed by atoms with Crippen LogP contribution in [0.1, 0.15) is 42.3 Å². The minimum absolute atomic E-state index is 0.123. The number of ketones is 1. The zero-order valence-electron chi connectivity index (χ0n) is 9.83. The minimum atomic E-state index is -0.553. The van der Waals surface area contributed by atoms with Crippen LogP contribution in [0.25, 0.3) is 0 Å². The Kier molecular flexibility index (Phi) is 4.28. The molecule has 0 unspecified atom stereocenters. The van der Waals surface area contributed by atoms with Gasteiger partial charge in [-0.2, -0.15) is 0 Å². The van der Waals surface area contributed by atoms with E-state index in [2.05, 4.69) is 0 Å². The highest BCUT2D eigenvalue weighted by Crippen LogP contribution is 2.20. The number of carbonyl (C=O) groups is 1. The van der Waals surface area contributed by atoms with E-state index in [1.54, 1.807) is 6.92 Å². The van der Waals surface area contributed by atoms with Crippen molar-refractivity contribution in [3.05, 3.63) is 27.8 Å². The molecule has 4 nitrogen and oxygen atoms in total. The summed E-state index contributed by atoms with van der Waals surface area (Å²) in [7, 11) is 1.46. The molecule has 1 aromatic rings. The SMILES string of the molecule is CCCCC(=O)c1oc(=O)cc(OC)c1C. The third kappa shape index (κ3) is 2.72. The number of rotatable bonds is 5. The van der Waals surface area contributed by atoms with E-state index in [0.717, 1.165) is 12.8 Å². The summed E-state index contributed by atoms with van der Waals surface area (Å²) < 4.78 is 9.93. The highest BCUT2D eigenvalue weighted by atomic mass is 16.5. The number of hydrogen-bond acceptors (Lipinski definition) is 4. The van der Waals surface area contributed by atoms with Crippen LogP contribution in [0.15, 0.2) is 15.3 Å². The molecule has 1 aromatic heterocycles. The third-order valence-electron chi connectivity index (χ3n) is 2.39. The molecule has 0 N–H and O–H groups in total. The Balaban J connectivity index is 3.08. The summed E-state index contributed by atoms with van der Waals surface area (Å²) in [5, 5.41) is 0. The van der Waals surface area contributed by atoms with E-state index in [0.29, 0.717) is 17.7 Å². The van der Waals surface area contributed by atoms with E-state index in [-0.39, 0.29) is 11.5 Å². The average molecular weight is 224 g/mol. The van der Waals surface area contributed by atoms with Crippen LogP contribution in [0.3, 0.4) is 0 Å². The van der Waals surface area contributed by atoms with Crippen molar-refractivity contribution in [2.75, 3.05) is 7.11 Å². The molecule has 88 valence electrons. The van der Waals surface area contributed by atoms with Crippen molar-refractivity contribution in [3.8, 4) is 5.75 Å². The summed E-state index contributed by atoms with van der Waals surface area (Å²) in [5.41, 5.74) is 0.0329. The Morgan fingerprint density at radius 3 is 2.75 bits per heavy atom. The normalized spacial score (nSPS) is 10.2. The molecule has 0 aliphatic carbocycles. The van der Waals surface area contributed by atoms with Crippen LogP contribution in [-0.4, -0.2) is 12.9 Å². The summed E-state index contributed by atoms with van der Waals surface area (Å²) in [6.07, 6.45) is 2.12. The highest BCUT2D eigenvalue weighted by molar-refractivity contribution is 5.95. The number of Topliss-reactive ketones (excluding diaryl/α,β-unsaturated/α-hetero) is 1. The number of methoxy groups -OCH3 is 1. The molecule has 0 aliphatic heterocycles. The first kappa shape index (κ1) is 12.5. The molecule has 0 spiro atoms. The summed E-state index contributed by atoms with van der Waals surface area (Å²) in [5.74, 6) is 0.379. The molecule has 0 saturated carbocycles. The summed E-state index contributed by atoms with van der Waals surface area (Å²) in [6.45, 7) is 3.71. The van der Waals surface area contributed by atoms with Gasteiger partial charge in [0.05, 0.1) is 13.2 Å². The molecule has 16 heavy (non-hydrogen) atoms. The lowest BCUT2D eigenvalue weighted by atomic mass is 10.1. The van der Waals surface area contributed by atoms with Crippen molar-refractivity contribution in [2.45, 2.75) is 33.1 Å². The molecule has 1 rings (SSSR count). The molecular formula is C12H16O4. The van der Waals surface area contributed by atoms with E-state index in [9.17, 15) is 9.59 Å².